The standard InChI is InChI=1S/C25H28N6O5/c1-4-35-20-14-16(5-8-18(20)23-26-24-22(25(34)27-23)28-30-29-24)15-6-9-19(36-12-11-31(2)3)17(13-15)7-10-21(32)33/h5-6,8-9,13-14H,4,7,10-12H2,1-3H3,(H,32,33)(H2,26,27,28,29,30,34). The number of aryl methyl sites for hydroxylation is 1. The molecule has 36 heavy (non-hydrogen) atoms. The fourth-order valence-corrected chi connectivity index (χ4v) is 3.74. The van der Waals surface area contributed by atoms with Gasteiger partial charge in [0.2, 0.25) is 0 Å². The number of carboxylic acids is 1. The lowest BCUT2D eigenvalue weighted by Gasteiger charge is -2.16. The van der Waals surface area contributed by atoms with Gasteiger partial charge in [-0.1, -0.05) is 17.3 Å². The van der Waals surface area contributed by atoms with Crippen LogP contribution in [0.1, 0.15) is 18.9 Å². The van der Waals surface area contributed by atoms with Crippen molar-refractivity contribution in [3.05, 3.63) is 52.3 Å². The summed E-state index contributed by atoms with van der Waals surface area (Å²) < 4.78 is 11.8. The highest BCUT2D eigenvalue weighted by Crippen LogP contribution is 2.34. The third-order valence-electron chi connectivity index (χ3n) is 5.54. The fourth-order valence-electron chi connectivity index (χ4n) is 3.74. The van der Waals surface area contributed by atoms with E-state index in [4.69, 9.17) is 9.47 Å². The predicted octanol–water partition coefficient (Wildman–Crippen LogP) is 2.73. The fraction of sp³-hybridized carbons (Fsp3) is 0.320. The number of aliphatic carboxylic acids is 1. The molecule has 0 saturated heterocycles. The largest absolute Gasteiger partial charge is 0.493 e. The van der Waals surface area contributed by atoms with E-state index in [2.05, 4.69) is 25.4 Å². The molecule has 0 aliphatic carbocycles. The molecule has 2 heterocycles. The van der Waals surface area contributed by atoms with Gasteiger partial charge >= 0.3 is 5.97 Å². The summed E-state index contributed by atoms with van der Waals surface area (Å²) in [5, 5.41) is 19.2. The number of aromatic amines is 2. The number of ether oxygens (including phenoxy) is 2. The summed E-state index contributed by atoms with van der Waals surface area (Å²) in [4.78, 5) is 32.8. The van der Waals surface area contributed by atoms with E-state index in [9.17, 15) is 14.7 Å². The minimum atomic E-state index is -0.867. The van der Waals surface area contributed by atoms with Crippen LogP contribution in [0.25, 0.3) is 33.7 Å². The summed E-state index contributed by atoms with van der Waals surface area (Å²) in [5.41, 5.74) is 3.21. The first-order valence-electron chi connectivity index (χ1n) is 11.6. The number of nitrogens with zero attached hydrogens (tertiary/aromatic N) is 4. The Hall–Kier alpha value is -4.25. The van der Waals surface area contributed by atoms with Gasteiger partial charge in [-0.05, 0) is 68.4 Å². The second kappa shape index (κ2) is 11.0. The van der Waals surface area contributed by atoms with E-state index in [0.717, 1.165) is 23.2 Å². The van der Waals surface area contributed by atoms with Gasteiger partial charge in [0.1, 0.15) is 23.9 Å². The van der Waals surface area contributed by atoms with Crippen LogP contribution in [-0.4, -0.2) is 75.2 Å². The number of aromatic nitrogens is 5. The van der Waals surface area contributed by atoms with Crippen LogP contribution in [0.2, 0.25) is 0 Å². The Morgan fingerprint density at radius 3 is 2.61 bits per heavy atom. The number of rotatable bonds is 11. The topological polar surface area (TPSA) is 146 Å². The van der Waals surface area contributed by atoms with Crippen LogP contribution < -0.4 is 15.0 Å². The Kier molecular flexibility index (Phi) is 7.59. The van der Waals surface area contributed by atoms with Crippen molar-refractivity contribution in [1.29, 1.82) is 0 Å². The Labute approximate surface area is 207 Å². The molecule has 0 atom stereocenters. The molecule has 4 aromatic rings. The van der Waals surface area contributed by atoms with Crippen molar-refractivity contribution < 1.29 is 19.4 Å². The van der Waals surface area contributed by atoms with Gasteiger partial charge in [-0.25, -0.2) is 10.1 Å². The van der Waals surface area contributed by atoms with Crippen LogP contribution in [-0.2, 0) is 11.2 Å². The zero-order valence-electron chi connectivity index (χ0n) is 20.4. The third-order valence-corrected chi connectivity index (χ3v) is 5.54. The van der Waals surface area contributed by atoms with Crippen molar-refractivity contribution in [2.45, 2.75) is 19.8 Å². The van der Waals surface area contributed by atoms with Crippen LogP contribution >= 0.6 is 0 Å². The Morgan fingerprint density at radius 2 is 1.86 bits per heavy atom. The average Bonchev–Trinajstić information content (AvgIpc) is 3.32. The third kappa shape index (κ3) is 5.69. The number of H-pyrrole nitrogens is 2. The first-order chi connectivity index (χ1) is 17.4. The molecule has 0 amide bonds. The van der Waals surface area contributed by atoms with Crippen LogP contribution in [0.4, 0.5) is 0 Å². The lowest BCUT2D eigenvalue weighted by molar-refractivity contribution is -0.136. The maximum atomic E-state index is 12.4. The summed E-state index contributed by atoms with van der Waals surface area (Å²) in [7, 11) is 3.93. The molecule has 4 rings (SSSR count). The molecule has 11 heteroatoms. The molecule has 0 saturated carbocycles. The minimum Gasteiger partial charge on any atom is -0.493 e. The number of fused-ring (bicyclic) bond motifs is 1. The lowest BCUT2D eigenvalue weighted by Crippen LogP contribution is -2.19. The summed E-state index contributed by atoms with van der Waals surface area (Å²) in [5.74, 6) is 0.684. The monoisotopic (exact) mass is 492 g/mol. The predicted molar refractivity (Wildman–Crippen MR) is 134 cm³/mol. The molecule has 0 bridgehead atoms. The van der Waals surface area contributed by atoms with E-state index in [0.29, 0.717) is 42.5 Å². The van der Waals surface area contributed by atoms with Crippen LogP contribution in [0.3, 0.4) is 0 Å². The van der Waals surface area contributed by atoms with E-state index in [-0.39, 0.29) is 17.6 Å². The average molecular weight is 493 g/mol. The first kappa shape index (κ1) is 24.9. The van der Waals surface area contributed by atoms with Gasteiger partial charge in [0.15, 0.2) is 11.2 Å². The number of carbonyl (C=O) groups is 1. The van der Waals surface area contributed by atoms with Crippen molar-refractivity contribution in [2.24, 2.45) is 0 Å². The van der Waals surface area contributed by atoms with Gasteiger partial charge in [0, 0.05) is 13.0 Å². The minimum absolute atomic E-state index is 0.000591. The molecular formula is C25H28N6O5. The molecule has 2 aromatic carbocycles. The van der Waals surface area contributed by atoms with Crippen molar-refractivity contribution >= 4 is 17.1 Å². The zero-order chi connectivity index (χ0) is 25.7. The molecule has 0 radical (unpaired) electrons. The lowest BCUT2D eigenvalue weighted by atomic mass is 9.98. The molecule has 0 unspecified atom stereocenters. The number of likely N-dealkylation sites (N-methyl/N-ethyl adjacent to an activating group) is 1. The van der Waals surface area contributed by atoms with Gasteiger partial charge in [-0.2, -0.15) is 0 Å². The Balaban J connectivity index is 1.70. The van der Waals surface area contributed by atoms with Gasteiger partial charge < -0.3 is 24.5 Å². The van der Waals surface area contributed by atoms with Crippen LogP contribution in [0.5, 0.6) is 11.5 Å². The maximum absolute atomic E-state index is 12.4. The molecule has 0 aliphatic heterocycles. The smallest absolute Gasteiger partial charge is 0.303 e. The molecule has 0 spiro atoms. The summed E-state index contributed by atoms with van der Waals surface area (Å²) in [6.45, 7) is 3.53. The molecular weight excluding hydrogens is 464 g/mol. The van der Waals surface area contributed by atoms with Crippen molar-refractivity contribution in [3.8, 4) is 34.0 Å². The first-order valence-corrected chi connectivity index (χ1v) is 11.6. The SMILES string of the molecule is CCOc1cc(-c2ccc(OCCN(C)C)c(CCC(=O)O)c2)ccc1-c1nc2[nH]nnc2c(=O)[nH]1. The highest BCUT2D eigenvalue weighted by Gasteiger charge is 2.15. The maximum Gasteiger partial charge on any atom is 0.303 e. The second-order valence-electron chi connectivity index (χ2n) is 8.44. The molecule has 0 fully saturated rings. The van der Waals surface area contributed by atoms with E-state index >= 15 is 0 Å². The Bertz CT molecular complexity index is 1430. The van der Waals surface area contributed by atoms with Crippen molar-refractivity contribution in [1.82, 2.24) is 30.3 Å². The number of benzene rings is 2. The van der Waals surface area contributed by atoms with Gasteiger partial charge in [-0.3, -0.25) is 9.59 Å². The quantitative estimate of drug-likeness (QED) is 0.287. The number of carboxylic acid groups (broad SMARTS) is 1. The molecule has 11 nitrogen and oxygen atoms in total. The molecule has 188 valence electrons. The van der Waals surface area contributed by atoms with Crippen molar-refractivity contribution in [2.75, 3.05) is 33.9 Å². The zero-order valence-corrected chi connectivity index (χ0v) is 20.4. The van der Waals surface area contributed by atoms with Crippen LogP contribution in [0, 0.1) is 0 Å². The highest BCUT2D eigenvalue weighted by molar-refractivity contribution is 5.77. The number of hydrogen-bond donors (Lipinski definition) is 3. The normalized spacial score (nSPS) is 11.2. The van der Waals surface area contributed by atoms with E-state index in [1.54, 1.807) is 0 Å². The van der Waals surface area contributed by atoms with Gasteiger partial charge in [0.05, 0.1) is 12.2 Å². The molecule has 2 aromatic heterocycles. The van der Waals surface area contributed by atoms with E-state index in [1.807, 2.05) is 62.3 Å². The van der Waals surface area contributed by atoms with Crippen LogP contribution in [0.15, 0.2) is 41.2 Å². The molecule has 3 N–H and O–H groups in total. The second-order valence-corrected chi connectivity index (χ2v) is 8.44. The summed E-state index contributed by atoms with van der Waals surface area (Å²) >= 11 is 0. The van der Waals surface area contributed by atoms with Crippen molar-refractivity contribution in [3.63, 3.8) is 0 Å². The molecule has 0 aliphatic rings. The summed E-state index contributed by atoms with van der Waals surface area (Å²) in [6.07, 6.45) is 0.348. The van der Waals surface area contributed by atoms with E-state index in [1.165, 1.54) is 0 Å². The van der Waals surface area contributed by atoms with E-state index < -0.39 is 11.5 Å². The summed E-state index contributed by atoms with van der Waals surface area (Å²) in [6, 6.07) is 11.3. The number of nitrogens with one attached hydrogen (secondary N) is 2. The number of hydrogen-bond acceptors (Lipinski definition) is 8. The highest BCUT2D eigenvalue weighted by atomic mass is 16.5. The van der Waals surface area contributed by atoms with Gasteiger partial charge in [-0.15, -0.1) is 5.10 Å². The van der Waals surface area contributed by atoms with Gasteiger partial charge in [0.25, 0.3) is 5.56 Å². The Morgan fingerprint density at radius 1 is 1.08 bits per heavy atom.